The normalized spacial score (nSPS) is 27.1. The van der Waals surface area contributed by atoms with Gasteiger partial charge in [-0.15, -0.1) is 0 Å². The zero-order valence-corrected chi connectivity index (χ0v) is 18.7. The predicted octanol–water partition coefficient (Wildman–Crippen LogP) is 4.38. The van der Waals surface area contributed by atoms with Crippen LogP contribution in [0.2, 0.25) is 0 Å². The lowest BCUT2D eigenvalue weighted by molar-refractivity contribution is -0.122. The van der Waals surface area contributed by atoms with Crippen molar-refractivity contribution in [1.82, 2.24) is 0 Å². The first-order valence-corrected chi connectivity index (χ1v) is 11.2. The number of carbonyl (C=O) groups excluding carboxylic acids is 3. The SMILES string of the molecule is COC(=O)c1ccccc1N1C(=O)[C@H]2C3c4ccccc4C(Br)(c4ccccc43)[C@H]2C1=O. The number of rotatable bonds is 2. The number of halogens is 1. The Balaban J connectivity index is 1.60. The zero-order chi connectivity index (χ0) is 22.2. The van der Waals surface area contributed by atoms with E-state index in [0.717, 1.165) is 22.3 Å². The maximum atomic E-state index is 14.0. The van der Waals surface area contributed by atoms with Crippen LogP contribution in [-0.2, 0) is 18.7 Å². The molecule has 3 aliphatic carbocycles. The van der Waals surface area contributed by atoms with Crippen LogP contribution < -0.4 is 4.90 Å². The molecule has 1 aliphatic heterocycles. The molecular formula is C26H18BrNO4. The molecule has 0 spiro atoms. The summed E-state index contributed by atoms with van der Waals surface area (Å²) in [7, 11) is 1.29. The van der Waals surface area contributed by atoms with Gasteiger partial charge < -0.3 is 4.74 Å². The summed E-state index contributed by atoms with van der Waals surface area (Å²) in [4.78, 5) is 41.4. The summed E-state index contributed by atoms with van der Waals surface area (Å²) in [6.45, 7) is 0. The van der Waals surface area contributed by atoms with E-state index >= 15 is 0 Å². The van der Waals surface area contributed by atoms with E-state index in [-0.39, 0.29) is 29.0 Å². The molecule has 2 bridgehead atoms. The van der Waals surface area contributed by atoms with Crippen molar-refractivity contribution in [3.05, 3.63) is 101 Å². The molecule has 3 aromatic rings. The number of ether oxygens (including phenoxy) is 1. The first-order valence-electron chi connectivity index (χ1n) is 10.4. The Morgan fingerprint density at radius 1 is 0.875 bits per heavy atom. The number of esters is 1. The third-order valence-electron chi connectivity index (χ3n) is 7.06. The number of imide groups is 1. The molecular weight excluding hydrogens is 470 g/mol. The molecule has 2 amide bonds. The van der Waals surface area contributed by atoms with E-state index in [4.69, 9.17) is 4.74 Å². The lowest BCUT2D eigenvalue weighted by atomic mass is 9.55. The Morgan fingerprint density at radius 3 is 2.06 bits per heavy atom. The van der Waals surface area contributed by atoms with Crippen LogP contribution in [-0.4, -0.2) is 24.9 Å². The summed E-state index contributed by atoms with van der Waals surface area (Å²) in [6.07, 6.45) is 0. The summed E-state index contributed by atoms with van der Waals surface area (Å²) in [6, 6.07) is 22.6. The van der Waals surface area contributed by atoms with Gasteiger partial charge in [-0.2, -0.15) is 0 Å². The van der Waals surface area contributed by atoms with E-state index in [2.05, 4.69) is 15.9 Å². The highest BCUT2D eigenvalue weighted by Gasteiger charge is 2.67. The molecule has 1 saturated heterocycles. The maximum absolute atomic E-state index is 14.0. The molecule has 0 N–H and O–H groups in total. The minimum absolute atomic E-state index is 0.196. The Hall–Kier alpha value is -3.25. The van der Waals surface area contributed by atoms with Gasteiger partial charge in [0.15, 0.2) is 0 Å². The fraction of sp³-hybridized carbons (Fsp3) is 0.192. The van der Waals surface area contributed by atoms with Crippen LogP contribution in [0.3, 0.4) is 0 Å². The minimum Gasteiger partial charge on any atom is -0.465 e. The number of methoxy groups -OCH3 is 1. The van der Waals surface area contributed by atoms with Gasteiger partial charge in [-0.25, -0.2) is 9.69 Å². The van der Waals surface area contributed by atoms with Crippen molar-refractivity contribution >= 4 is 39.4 Å². The van der Waals surface area contributed by atoms with Crippen LogP contribution in [0.25, 0.3) is 0 Å². The zero-order valence-electron chi connectivity index (χ0n) is 17.1. The third-order valence-corrected chi connectivity index (χ3v) is 8.41. The predicted molar refractivity (Wildman–Crippen MR) is 122 cm³/mol. The highest BCUT2D eigenvalue weighted by Crippen LogP contribution is 2.66. The molecule has 1 fully saturated rings. The molecule has 0 saturated carbocycles. The molecule has 0 unspecified atom stereocenters. The molecule has 7 rings (SSSR count). The number of carbonyl (C=O) groups is 3. The standard InChI is InChI=1S/C26H18BrNO4/c1-32-25(31)16-10-4-7-13-19(16)28-23(29)21-20-14-8-2-5-11-17(14)26(27,22(21)24(28)30)18-12-6-3-9-15(18)20/h2-13,20-22H,1H3/t20?,21-,22+,26?/m0/s1. The van der Waals surface area contributed by atoms with Crippen LogP contribution in [0.4, 0.5) is 5.69 Å². The van der Waals surface area contributed by atoms with E-state index in [0.29, 0.717) is 0 Å². The van der Waals surface area contributed by atoms with E-state index < -0.39 is 22.1 Å². The quantitative estimate of drug-likeness (QED) is 0.305. The lowest BCUT2D eigenvalue weighted by Crippen LogP contribution is -2.50. The van der Waals surface area contributed by atoms with Crippen LogP contribution in [0.1, 0.15) is 38.5 Å². The second kappa shape index (κ2) is 6.62. The van der Waals surface area contributed by atoms with E-state index in [1.807, 2.05) is 48.5 Å². The average Bonchev–Trinajstić information content (AvgIpc) is 3.10. The fourth-order valence-electron chi connectivity index (χ4n) is 5.87. The Labute approximate surface area is 193 Å². The van der Waals surface area contributed by atoms with Gasteiger partial charge in [-0.05, 0) is 34.4 Å². The van der Waals surface area contributed by atoms with Gasteiger partial charge in [0.2, 0.25) is 11.8 Å². The summed E-state index contributed by atoms with van der Waals surface area (Å²) < 4.78 is 4.09. The number of hydrogen-bond acceptors (Lipinski definition) is 4. The lowest BCUT2D eigenvalue weighted by Gasteiger charge is -2.51. The molecule has 0 aromatic heterocycles. The first-order chi connectivity index (χ1) is 15.5. The summed E-state index contributed by atoms with van der Waals surface area (Å²) in [5.41, 5.74) is 4.64. The number of nitrogens with zero attached hydrogens (tertiary/aromatic N) is 1. The van der Waals surface area contributed by atoms with Gasteiger partial charge in [0.25, 0.3) is 0 Å². The monoisotopic (exact) mass is 487 g/mol. The maximum Gasteiger partial charge on any atom is 0.339 e. The van der Waals surface area contributed by atoms with Crippen LogP contribution in [0, 0.1) is 11.8 Å². The van der Waals surface area contributed by atoms with Crippen molar-refractivity contribution < 1.29 is 19.1 Å². The second-order valence-corrected chi connectivity index (χ2v) is 9.64. The average molecular weight is 488 g/mol. The molecule has 1 heterocycles. The van der Waals surface area contributed by atoms with Gasteiger partial charge >= 0.3 is 5.97 Å². The number of amides is 2. The molecule has 0 radical (unpaired) electrons. The van der Waals surface area contributed by atoms with Crippen LogP contribution in [0.5, 0.6) is 0 Å². The molecule has 6 heteroatoms. The number of anilines is 1. The summed E-state index contributed by atoms with van der Waals surface area (Å²) >= 11 is 3.98. The van der Waals surface area contributed by atoms with Crippen molar-refractivity contribution in [2.75, 3.05) is 12.0 Å². The van der Waals surface area contributed by atoms with Gasteiger partial charge in [-0.1, -0.05) is 76.6 Å². The molecule has 158 valence electrons. The van der Waals surface area contributed by atoms with Crippen molar-refractivity contribution in [3.8, 4) is 0 Å². The largest absolute Gasteiger partial charge is 0.465 e. The number of hydrogen-bond donors (Lipinski definition) is 0. The van der Waals surface area contributed by atoms with E-state index in [1.54, 1.807) is 24.3 Å². The van der Waals surface area contributed by atoms with E-state index in [1.165, 1.54) is 12.0 Å². The third kappa shape index (κ3) is 2.20. The van der Waals surface area contributed by atoms with Crippen molar-refractivity contribution in [2.45, 2.75) is 10.2 Å². The fourth-order valence-corrected chi connectivity index (χ4v) is 7.07. The molecule has 5 nitrogen and oxygen atoms in total. The summed E-state index contributed by atoms with van der Waals surface area (Å²) in [5.74, 6) is -2.57. The molecule has 2 atom stereocenters. The minimum atomic E-state index is -0.818. The van der Waals surface area contributed by atoms with Gasteiger partial charge in [0.05, 0.1) is 34.5 Å². The van der Waals surface area contributed by atoms with Gasteiger partial charge in [0, 0.05) is 5.92 Å². The van der Waals surface area contributed by atoms with E-state index in [9.17, 15) is 14.4 Å². The van der Waals surface area contributed by atoms with Crippen LogP contribution >= 0.6 is 15.9 Å². The molecule has 32 heavy (non-hydrogen) atoms. The molecule has 4 aliphatic rings. The number of para-hydroxylation sites is 1. The number of benzene rings is 3. The van der Waals surface area contributed by atoms with Gasteiger partial charge in [-0.3, -0.25) is 9.59 Å². The molecule has 3 aromatic carbocycles. The van der Waals surface area contributed by atoms with Crippen molar-refractivity contribution in [2.24, 2.45) is 11.8 Å². The highest BCUT2D eigenvalue weighted by molar-refractivity contribution is 9.09. The second-order valence-electron chi connectivity index (χ2n) is 8.39. The number of alkyl halides is 1. The Morgan fingerprint density at radius 2 is 1.44 bits per heavy atom. The first kappa shape index (κ1) is 19.4. The Kier molecular flexibility index (Phi) is 4.02. The van der Waals surface area contributed by atoms with Crippen molar-refractivity contribution in [3.63, 3.8) is 0 Å². The summed E-state index contributed by atoms with van der Waals surface area (Å²) in [5, 5.41) is 0. The van der Waals surface area contributed by atoms with Crippen LogP contribution in [0.15, 0.2) is 72.8 Å². The van der Waals surface area contributed by atoms with Crippen molar-refractivity contribution in [1.29, 1.82) is 0 Å². The Bertz CT molecular complexity index is 1290. The smallest absolute Gasteiger partial charge is 0.339 e. The topological polar surface area (TPSA) is 63.7 Å². The highest BCUT2D eigenvalue weighted by atomic mass is 79.9. The van der Waals surface area contributed by atoms with Gasteiger partial charge in [0.1, 0.15) is 0 Å².